The van der Waals surface area contributed by atoms with E-state index in [0.717, 1.165) is 46.4 Å². The third kappa shape index (κ3) is 2.31. The molecule has 0 saturated heterocycles. The number of fused-ring (bicyclic) bond motifs is 3. The summed E-state index contributed by atoms with van der Waals surface area (Å²) in [7, 11) is 0. The van der Waals surface area contributed by atoms with Crippen LogP contribution < -0.4 is 0 Å². The van der Waals surface area contributed by atoms with E-state index in [1.165, 1.54) is 12.4 Å². The Hall–Kier alpha value is -3.08. The number of benzene rings is 2. The number of imidazole rings is 1. The number of aryl methyl sites for hydroxylation is 1. The first-order valence-electron chi connectivity index (χ1n) is 8.31. The number of halogens is 1. The fourth-order valence-corrected chi connectivity index (χ4v) is 3.72. The van der Waals surface area contributed by atoms with E-state index in [1.807, 2.05) is 18.2 Å². The third-order valence-corrected chi connectivity index (χ3v) is 4.84. The van der Waals surface area contributed by atoms with Gasteiger partial charge < -0.3 is 4.57 Å². The molecule has 1 atom stereocenters. The third-order valence-electron chi connectivity index (χ3n) is 4.84. The number of nitrogens with zero attached hydrogens (tertiary/aromatic N) is 4. The SMILES string of the molecule is Fc1cccc(C2CCc3nc4ccc(-c5cncnc5)cc4n32)c1. The lowest BCUT2D eigenvalue weighted by atomic mass is 10.0. The molecule has 0 spiro atoms. The molecule has 0 saturated carbocycles. The van der Waals surface area contributed by atoms with Crippen molar-refractivity contribution < 1.29 is 4.39 Å². The Balaban J connectivity index is 1.68. The largest absolute Gasteiger partial charge is 0.320 e. The molecule has 0 radical (unpaired) electrons. The van der Waals surface area contributed by atoms with Crippen LogP contribution in [0.2, 0.25) is 0 Å². The number of hydrogen-bond donors (Lipinski definition) is 0. The second kappa shape index (κ2) is 5.48. The minimum absolute atomic E-state index is 0.123. The lowest BCUT2D eigenvalue weighted by molar-refractivity contribution is 0.603. The summed E-state index contributed by atoms with van der Waals surface area (Å²) in [5.74, 6) is 0.864. The van der Waals surface area contributed by atoms with Gasteiger partial charge in [0, 0.05) is 24.4 Å². The Labute approximate surface area is 144 Å². The van der Waals surface area contributed by atoms with Gasteiger partial charge in [-0.3, -0.25) is 0 Å². The second-order valence-corrected chi connectivity index (χ2v) is 6.34. The number of aromatic nitrogens is 4. The quantitative estimate of drug-likeness (QED) is 0.554. The van der Waals surface area contributed by atoms with Crippen molar-refractivity contribution >= 4 is 11.0 Å². The van der Waals surface area contributed by atoms with Crippen LogP contribution in [0.1, 0.15) is 23.9 Å². The van der Waals surface area contributed by atoms with Gasteiger partial charge in [0.1, 0.15) is 18.0 Å². The summed E-state index contributed by atoms with van der Waals surface area (Å²) >= 11 is 0. The van der Waals surface area contributed by atoms with E-state index in [1.54, 1.807) is 24.5 Å². The van der Waals surface area contributed by atoms with E-state index in [2.05, 4.69) is 20.6 Å². The fourth-order valence-electron chi connectivity index (χ4n) is 3.72. The maximum atomic E-state index is 13.7. The molecule has 1 aliphatic rings. The summed E-state index contributed by atoms with van der Waals surface area (Å²) in [5, 5.41) is 0. The van der Waals surface area contributed by atoms with E-state index < -0.39 is 0 Å². The molecule has 122 valence electrons. The fraction of sp³-hybridized carbons (Fsp3) is 0.150. The molecule has 25 heavy (non-hydrogen) atoms. The number of rotatable bonds is 2. The van der Waals surface area contributed by atoms with E-state index in [9.17, 15) is 4.39 Å². The summed E-state index contributed by atoms with van der Waals surface area (Å²) in [6.45, 7) is 0. The molecule has 2 aromatic heterocycles. The molecule has 1 aliphatic heterocycles. The molecule has 2 aromatic carbocycles. The summed E-state index contributed by atoms with van der Waals surface area (Å²) in [4.78, 5) is 13.0. The monoisotopic (exact) mass is 330 g/mol. The van der Waals surface area contributed by atoms with Crippen LogP contribution in [0.3, 0.4) is 0 Å². The molecule has 0 bridgehead atoms. The predicted molar refractivity (Wildman–Crippen MR) is 93.6 cm³/mol. The summed E-state index contributed by atoms with van der Waals surface area (Å²) in [6.07, 6.45) is 6.98. The Morgan fingerprint density at radius 1 is 1.00 bits per heavy atom. The highest BCUT2D eigenvalue weighted by atomic mass is 19.1. The van der Waals surface area contributed by atoms with Gasteiger partial charge in [-0.05, 0) is 41.8 Å². The van der Waals surface area contributed by atoms with Crippen molar-refractivity contribution in [2.45, 2.75) is 18.9 Å². The van der Waals surface area contributed by atoms with Crippen molar-refractivity contribution in [1.82, 2.24) is 19.5 Å². The Kier molecular flexibility index (Phi) is 3.13. The Morgan fingerprint density at radius 2 is 1.88 bits per heavy atom. The second-order valence-electron chi connectivity index (χ2n) is 6.34. The predicted octanol–water partition coefficient (Wildman–Crippen LogP) is 4.17. The van der Waals surface area contributed by atoms with Gasteiger partial charge in [-0.15, -0.1) is 0 Å². The lowest BCUT2D eigenvalue weighted by Gasteiger charge is -2.15. The van der Waals surface area contributed by atoms with E-state index in [0.29, 0.717) is 0 Å². The number of hydrogen-bond acceptors (Lipinski definition) is 3. The normalized spacial score (nSPS) is 16.3. The van der Waals surface area contributed by atoms with Gasteiger partial charge in [0.25, 0.3) is 0 Å². The molecule has 0 amide bonds. The molecule has 0 fully saturated rings. The molecule has 3 heterocycles. The highest BCUT2D eigenvalue weighted by Gasteiger charge is 2.27. The molecule has 4 nitrogen and oxygen atoms in total. The zero-order valence-corrected chi connectivity index (χ0v) is 13.4. The average Bonchev–Trinajstić information content (AvgIpc) is 3.21. The highest BCUT2D eigenvalue weighted by molar-refractivity contribution is 5.83. The first-order chi connectivity index (χ1) is 12.3. The van der Waals surface area contributed by atoms with Crippen LogP contribution in [-0.4, -0.2) is 19.5 Å². The van der Waals surface area contributed by atoms with Crippen LogP contribution in [0.5, 0.6) is 0 Å². The first-order valence-corrected chi connectivity index (χ1v) is 8.31. The smallest absolute Gasteiger partial charge is 0.123 e. The molecule has 5 rings (SSSR count). The van der Waals surface area contributed by atoms with E-state index in [-0.39, 0.29) is 11.9 Å². The van der Waals surface area contributed by atoms with Crippen LogP contribution in [0.25, 0.3) is 22.2 Å². The van der Waals surface area contributed by atoms with Gasteiger partial charge in [0.05, 0.1) is 17.1 Å². The molecular weight excluding hydrogens is 315 g/mol. The maximum absolute atomic E-state index is 13.7. The van der Waals surface area contributed by atoms with Crippen LogP contribution in [0.15, 0.2) is 61.2 Å². The summed E-state index contributed by atoms with van der Waals surface area (Å²) < 4.78 is 15.9. The van der Waals surface area contributed by atoms with Gasteiger partial charge in [0.2, 0.25) is 0 Å². The highest BCUT2D eigenvalue weighted by Crippen LogP contribution is 2.36. The van der Waals surface area contributed by atoms with Crippen LogP contribution >= 0.6 is 0 Å². The van der Waals surface area contributed by atoms with Crippen molar-refractivity contribution in [3.63, 3.8) is 0 Å². The minimum Gasteiger partial charge on any atom is -0.320 e. The van der Waals surface area contributed by atoms with Gasteiger partial charge in [-0.2, -0.15) is 0 Å². The average molecular weight is 330 g/mol. The standard InChI is InChI=1S/C20H15FN4/c21-16-3-1-2-14(8-16)18-6-7-20-24-17-5-4-13(9-19(17)25(18)20)15-10-22-12-23-11-15/h1-5,8-12,18H,6-7H2. The summed E-state index contributed by atoms with van der Waals surface area (Å²) in [5.41, 5.74) is 5.06. The van der Waals surface area contributed by atoms with Gasteiger partial charge >= 0.3 is 0 Å². The van der Waals surface area contributed by atoms with Crippen LogP contribution in [0, 0.1) is 5.82 Å². The molecule has 0 N–H and O–H groups in total. The van der Waals surface area contributed by atoms with Crippen LogP contribution in [0.4, 0.5) is 4.39 Å². The van der Waals surface area contributed by atoms with Gasteiger partial charge in [0.15, 0.2) is 0 Å². The van der Waals surface area contributed by atoms with E-state index in [4.69, 9.17) is 4.98 Å². The Morgan fingerprint density at radius 3 is 2.72 bits per heavy atom. The molecule has 4 aromatic rings. The van der Waals surface area contributed by atoms with Crippen molar-refractivity contribution in [3.05, 3.63) is 78.4 Å². The van der Waals surface area contributed by atoms with Crippen molar-refractivity contribution in [3.8, 4) is 11.1 Å². The zero-order chi connectivity index (χ0) is 16.8. The van der Waals surface area contributed by atoms with Crippen molar-refractivity contribution in [2.75, 3.05) is 0 Å². The van der Waals surface area contributed by atoms with Crippen molar-refractivity contribution in [2.24, 2.45) is 0 Å². The van der Waals surface area contributed by atoms with Crippen LogP contribution in [-0.2, 0) is 6.42 Å². The molecular formula is C20H15FN4. The maximum Gasteiger partial charge on any atom is 0.123 e. The zero-order valence-electron chi connectivity index (χ0n) is 13.4. The molecule has 5 heteroatoms. The minimum atomic E-state index is -0.197. The molecule has 1 unspecified atom stereocenters. The first kappa shape index (κ1) is 14.3. The summed E-state index contributed by atoms with van der Waals surface area (Å²) in [6, 6.07) is 13.2. The lowest BCUT2D eigenvalue weighted by Crippen LogP contribution is -2.05. The van der Waals surface area contributed by atoms with Gasteiger partial charge in [-0.1, -0.05) is 18.2 Å². The topological polar surface area (TPSA) is 43.6 Å². The Bertz CT molecular complexity index is 1070. The molecule has 0 aliphatic carbocycles. The van der Waals surface area contributed by atoms with E-state index >= 15 is 0 Å². The van der Waals surface area contributed by atoms with Gasteiger partial charge in [-0.25, -0.2) is 19.3 Å². The van der Waals surface area contributed by atoms with Crippen molar-refractivity contribution in [1.29, 1.82) is 0 Å².